The zero-order valence-corrected chi connectivity index (χ0v) is 22.4. The van der Waals surface area contributed by atoms with E-state index in [0.717, 1.165) is 28.2 Å². The van der Waals surface area contributed by atoms with Gasteiger partial charge in [-0.05, 0) is 75.6 Å². The van der Waals surface area contributed by atoms with Crippen LogP contribution < -0.4 is 14.9 Å². The molecule has 0 saturated heterocycles. The van der Waals surface area contributed by atoms with Gasteiger partial charge in [-0.25, -0.2) is 9.79 Å². The number of thiazole rings is 1. The summed E-state index contributed by atoms with van der Waals surface area (Å²) in [5.41, 5.74) is 7.02. The number of rotatable bonds is 5. The topological polar surface area (TPSA) is 65.6 Å². The van der Waals surface area contributed by atoms with E-state index in [1.54, 1.807) is 18.4 Å². The molecular weight excluding hydrogens is 482 g/mol. The average molecular weight is 512 g/mol. The number of allylic oxidation sites excluding steroid dienone is 1. The molecule has 37 heavy (non-hydrogen) atoms. The first-order valence-electron chi connectivity index (χ1n) is 12.3. The first-order valence-corrected chi connectivity index (χ1v) is 13.1. The van der Waals surface area contributed by atoms with E-state index in [0.29, 0.717) is 20.6 Å². The van der Waals surface area contributed by atoms with E-state index in [2.05, 4.69) is 54.6 Å². The van der Waals surface area contributed by atoms with Gasteiger partial charge in [0.2, 0.25) is 0 Å². The molecule has 0 N–H and O–H groups in total. The lowest BCUT2D eigenvalue weighted by Crippen LogP contribution is -2.39. The van der Waals surface area contributed by atoms with Gasteiger partial charge in [0, 0.05) is 17.1 Å². The molecule has 1 aliphatic heterocycles. The molecule has 0 radical (unpaired) electrons. The molecule has 7 heteroatoms. The number of carbonyl (C=O) groups excluding carboxylic acids is 1. The molecule has 0 spiro atoms. The van der Waals surface area contributed by atoms with Crippen molar-refractivity contribution in [2.24, 2.45) is 4.99 Å². The van der Waals surface area contributed by atoms with Crippen molar-refractivity contribution in [2.75, 3.05) is 6.61 Å². The van der Waals surface area contributed by atoms with Crippen molar-refractivity contribution in [1.82, 2.24) is 9.13 Å². The third-order valence-corrected chi connectivity index (χ3v) is 7.63. The van der Waals surface area contributed by atoms with E-state index in [-0.39, 0.29) is 12.2 Å². The largest absolute Gasteiger partial charge is 0.463 e. The highest BCUT2D eigenvalue weighted by atomic mass is 32.1. The smallest absolute Gasteiger partial charge is 0.338 e. The molecule has 0 aliphatic carbocycles. The van der Waals surface area contributed by atoms with Gasteiger partial charge in [-0.3, -0.25) is 9.36 Å². The quantitative estimate of drug-likeness (QED) is 0.370. The van der Waals surface area contributed by atoms with E-state index >= 15 is 0 Å². The van der Waals surface area contributed by atoms with E-state index in [1.807, 2.05) is 42.5 Å². The van der Waals surface area contributed by atoms with Crippen molar-refractivity contribution in [3.63, 3.8) is 0 Å². The standard InChI is InChI=1S/C30H29N3O3S/c1-6-36-29(35)26-20(4)31-30-33(27(26)22-12-8-7-9-13-22)28(34)25(37-30)17-23-16-19(3)32(21(23)5)24-14-10-11-18(2)15-24/h7-17,27H,6H2,1-5H3/b25-17+/t27-/m0/s1. The summed E-state index contributed by atoms with van der Waals surface area (Å²) in [6, 6.07) is 19.4. The van der Waals surface area contributed by atoms with Gasteiger partial charge in [0.05, 0.1) is 28.5 Å². The highest BCUT2D eigenvalue weighted by Gasteiger charge is 2.33. The Kier molecular flexibility index (Phi) is 6.56. The van der Waals surface area contributed by atoms with E-state index < -0.39 is 12.0 Å². The summed E-state index contributed by atoms with van der Waals surface area (Å²) in [7, 11) is 0. The van der Waals surface area contributed by atoms with E-state index in [9.17, 15) is 9.59 Å². The summed E-state index contributed by atoms with van der Waals surface area (Å²) in [4.78, 5) is 32.1. The molecule has 0 unspecified atom stereocenters. The predicted octanol–water partition coefficient (Wildman–Crippen LogP) is 4.51. The van der Waals surface area contributed by atoms with Crippen molar-refractivity contribution in [3.05, 3.63) is 120 Å². The Hall–Kier alpha value is -3.97. The van der Waals surface area contributed by atoms with Crippen LogP contribution in [0.1, 0.15) is 48.0 Å². The summed E-state index contributed by atoms with van der Waals surface area (Å²) in [5, 5.41) is 0. The lowest BCUT2D eigenvalue weighted by molar-refractivity contribution is -0.139. The highest BCUT2D eigenvalue weighted by Crippen LogP contribution is 2.30. The number of benzene rings is 2. The SMILES string of the molecule is CCOC(=O)C1=C(C)N=c2s/c(=C/c3cc(C)n(-c4cccc(C)c4)c3C)c(=O)n2[C@H]1c1ccccc1. The van der Waals surface area contributed by atoms with Crippen molar-refractivity contribution >= 4 is 23.4 Å². The molecule has 2 aromatic carbocycles. The molecule has 1 atom stereocenters. The highest BCUT2D eigenvalue weighted by molar-refractivity contribution is 7.07. The minimum atomic E-state index is -0.599. The van der Waals surface area contributed by atoms with Crippen LogP contribution in [0.5, 0.6) is 0 Å². The molecular formula is C30H29N3O3S. The Morgan fingerprint density at radius 3 is 2.51 bits per heavy atom. The molecule has 0 amide bonds. The number of esters is 1. The molecule has 2 aromatic heterocycles. The van der Waals surface area contributed by atoms with E-state index in [1.165, 1.54) is 16.9 Å². The molecule has 1 aliphatic rings. The monoisotopic (exact) mass is 511 g/mol. The number of hydrogen-bond donors (Lipinski definition) is 0. The molecule has 188 valence electrons. The van der Waals surface area contributed by atoms with Crippen LogP contribution in [-0.2, 0) is 9.53 Å². The van der Waals surface area contributed by atoms with Crippen LogP contribution in [-0.4, -0.2) is 21.7 Å². The minimum absolute atomic E-state index is 0.174. The normalized spacial score (nSPS) is 15.5. The molecule has 6 nitrogen and oxygen atoms in total. The average Bonchev–Trinajstić information content (AvgIpc) is 3.33. The van der Waals surface area contributed by atoms with Crippen LogP contribution in [0.3, 0.4) is 0 Å². The molecule has 0 fully saturated rings. The summed E-state index contributed by atoms with van der Waals surface area (Å²) in [6.07, 6.45) is 1.93. The van der Waals surface area contributed by atoms with Crippen LogP contribution in [0.25, 0.3) is 11.8 Å². The summed E-state index contributed by atoms with van der Waals surface area (Å²) < 4.78 is 9.76. The van der Waals surface area contributed by atoms with Crippen LogP contribution >= 0.6 is 11.3 Å². The maximum atomic E-state index is 13.9. The number of aromatic nitrogens is 2. The number of nitrogens with zero attached hydrogens (tertiary/aromatic N) is 3. The summed E-state index contributed by atoms with van der Waals surface area (Å²) in [6.45, 7) is 10.0. The fourth-order valence-corrected chi connectivity index (χ4v) is 6.02. The second kappa shape index (κ2) is 9.82. The number of aryl methyl sites for hydroxylation is 2. The zero-order chi connectivity index (χ0) is 26.3. The lowest BCUT2D eigenvalue weighted by Gasteiger charge is -2.24. The van der Waals surface area contributed by atoms with Gasteiger partial charge in [-0.15, -0.1) is 0 Å². The van der Waals surface area contributed by atoms with Crippen molar-refractivity contribution < 1.29 is 9.53 Å². The van der Waals surface area contributed by atoms with Gasteiger partial charge < -0.3 is 9.30 Å². The second-order valence-corrected chi connectivity index (χ2v) is 10.2. The van der Waals surface area contributed by atoms with Crippen LogP contribution in [0.15, 0.2) is 81.7 Å². The second-order valence-electron chi connectivity index (χ2n) is 9.21. The molecule has 0 bridgehead atoms. The van der Waals surface area contributed by atoms with Crippen molar-refractivity contribution in [2.45, 2.75) is 40.7 Å². The maximum absolute atomic E-state index is 13.9. The Balaban J connectivity index is 1.69. The van der Waals surface area contributed by atoms with Gasteiger partial charge in [0.15, 0.2) is 4.80 Å². The first kappa shape index (κ1) is 24.7. The Morgan fingerprint density at radius 1 is 1.05 bits per heavy atom. The number of hydrogen-bond acceptors (Lipinski definition) is 5. The van der Waals surface area contributed by atoms with Gasteiger partial charge >= 0.3 is 5.97 Å². The third kappa shape index (κ3) is 4.40. The fourth-order valence-electron chi connectivity index (χ4n) is 4.98. The Bertz CT molecular complexity index is 1720. The molecule has 4 aromatic rings. The molecule has 3 heterocycles. The predicted molar refractivity (Wildman–Crippen MR) is 147 cm³/mol. The number of ether oxygens (including phenoxy) is 1. The van der Waals surface area contributed by atoms with Crippen molar-refractivity contribution in [1.29, 1.82) is 0 Å². The first-order chi connectivity index (χ1) is 17.8. The fraction of sp³-hybridized carbons (Fsp3) is 0.233. The Labute approximate surface area is 219 Å². The van der Waals surface area contributed by atoms with Gasteiger partial charge in [-0.2, -0.15) is 0 Å². The van der Waals surface area contributed by atoms with Crippen LogP contribution in [0.2, 0.25) is 0 Å². The van der Waals surface area contributed by atoms with Crippen LogP contribution in [0, 0.1) is 20.8 Å². The summed E-state index contributed by atoms with van der Waals surface area (Å²) >= 11 is 1.34. The van der Waals surface area contributed by atoms with E-state index in [4.69, 9.17) is 4.74 Å². The van der Waals surface area contributed by atoms with Gasteiger partial charge in [0.1, 0.15) is 0 Å². The number of carbonyl (C=O) groups is 1. The molecule has 5 rings (SSSR count). The Morgan fingerprint density at radius 2 is 1.81 bits per heavy atom. The number of fused-ring (bicyclic) bond motifs is 1. The van der Waals surface area contributed by atoms with Crippen LogP contribution in [0.4, 0.5) is 0 Å². The van der Waals surface area contributed by atoms with Gasteiger partial charge in [-0.1, -0.05) is 53.8 Å². The maximum Gasteiger partial charge on any atom is 0.338 e. The minimum Gasteiger partial charge on any atom is -0.463 e. The summed E-state index contributed by atoms with van der Waals surface area (Å²) in [5.74, 6) is -0.450. The molecule has 0 saturated carbocycles. The third-order valence-electron chi connectivity index (χ3n) is 6.65. The zero-order valence-electron chi connectivity index (χ0n) is 21.6. The van der Waals surface area contributed by atoms with Crippen molar-refractivity contribution in [3.8, 4) is 5.69 Å². The van der Waals surface area contributed by atoms with Gasteiger partial charge in [0.25, 0.3) is 5.56 Å². The lowest BCUT2D eigenvalue weighted by atomic mass is 9.96.